The summed E-state index contributed by atoms with van der Waals surface area (Å²) in [6.07, 6.45) is 9.73. The van der Waals surface area contributed by atoms with Crippen molar-refractivity contribution in [2.24, 2.45) is 11.8 Å². The highest BCUT2D eigenvalue weighted by Gasteiger charge is 2.42. The van der Waals surface area contributed by atoms with E-state index in [0.717, 1.165) is 34.2 Å². The third-order valence-corrected chi connectivity index (χ3v) is 6.94. The quantitative estimate of drug-likeness (QED) is 0.589. The van der Waals surface area contributed by atoms with Crippen molar-refractivity contribution in [3.63, 3.8) is 0 Å². The van der Waals surface area contributed by atoms with Crippen LogP contribution in [-0.4, -0.2) is 28.4 Å². The van der Waals surface area contributed by atoms with Gasteiger partial charge in [-0.3, -0.25) is 4.79 Å². The molecule has 4 rings (SSSR count). The van der Waals surface area contributed by atoms with E-state index in [2.05, 4.69) is 12.2 Å². The van der Waals surface area contributed by atoms with Crippen LogP contribution in [0.25, 0.3) is 10.1 Å². The first-order chi connectivity index (χ1) is 13.6. The molecule has 2 aliphatic rings. The van der Waals surface area contributed by atoms with Crippen LogP contribution in [0.4, 0.5) is 0 Å². The maximum atomic E-state index is 12.0. The molecule has 1 aromatic carbocycles. The summed E-state index contributed by atoms with van der Waals surface area (Å²) in [5, 5.41) is 22.3. The van der Waals surface area contributed by atoms with E-state index in [4.69, 9.17) is 4.74 Å². The standard InChI is InChI=1S/C23H26O4S/c24-18(22-13-15-7-5-6-9-21(15)28-22)12-11-16-17-8-3-1-2-4-10-23(26)27-20(17)14-19(16)25/h1,3,5-7,9,11-13,16-20,24-25H,2,4,8,10,14H2/b3-1-,12-11+/t16-,17-,18-,19-,20+/m1/s1. The van der Waals surface area contributed by atoms with Gasteiger partial charge in [0.25, 0.3) is 0 Å². The number of fused-ring (bicyclic) bond motifs is 2. The van der Waals surface area contributed by atoms with Crippen molar-refractivity contribution in [2.75, 3.05) is 0 Å². The molecular weight excluding hydrogens is 372 g/mol. The first-order valence-electron chi connectivity index (χ1n) is 9.99. The van der Waals surface area contributed by atoms with Gasteiger partial charge in [-0.25, -0.2) is 0 Å². The minimum atomic E-state index is -0.707. The van der Waals surface area contributed by atoms with Crippen LogP contribution in [-0.2, 0) is 9.53 Å². The van der Waals surface area contributed by atoms with Crippen LogP contribution in [0.3, 0.4) is 0 Å². The van der Waals surface area contributed by atoms with E-state index in [1.54, 1.807) is 17.4 Å². The predicted octanol–water partition coefficient (Wildman–Crippen LogP) is 4.53. The third-order valence-electron chi connectivity index (χ3n) is 5.75. The fraction of sp³-hybridized carbons (Fsp3) is 0.435. The van der Waals surface area contributed by atoms with E-state index in [9.17, 15) is 15.0 Å². The molecule has 1 aromatic heterocycles. The first-order valence-corrected chi connectivity index (χ1v) is 10.8. The van der Waals surface area contributed by atoms with Crippen molar-refractivity contribution in [2.45, 2.75) is 50.4 Å². The lowest BCUT2D eigenvalue weighted by atomic mass is 9.89. The van der Waals surface area contributed by atoms with Crippen molar-refractivity contribution in [3.05, 3.63) is 59.5 Å². The molecule has 1 fully saturated rings. The molecule has 28 heavy (non-hydrogen) atoms. The smallest absolute Gasteiger partial charge is 0.306 e. The Morgan fingerprint density at radius 2 is 2.11 bits per heavy atom. The van der Waals surface area contributed by atoms with Gasteiger partial charge in [-0.1, -0.05) is 42.5 Å². The van der Waals surface area contributed by atoms with Gasteiger partial charge < -0.3 is 14.9 Å². The average Bonchev–Trinajstić information content (AvgIpc) is 3.24. The normalized spacial score (nSPS) is 30.9. The highest BCUT2D eigenvalue weighted by molar-refractivity contribution is 7.19. The maximum Gasteiger partial charge on any atom is 0.306 e. The molecule has 0 bridgehead atoms. The van der Waals surface area contributed by atoms with Crippen molar-refractivity contribution in [1.29, 1.82) is 0 Å². The Morgan fingerprint density at radius 3 is 2.96 bits per heavy atom. The maximum absolute atomic E-state index is 12.0. The highest BCUT2D eigenvalue weighted by Crippen LogP contribution is 2.39. The molecule has 5 atom stereocenters. The van der Waals surface area contributed by atoms with Crippen LogP contribution >= 0.6 is 11.3 Å². The van der Waals surface area contributed by atoms with E-state index in [-0.39, 0.29) is 23.9 Å². The molecule has 0 radical (unpaired) electrons. The Morgan fingerprint density at radius 1 is 1.25 bits per heavy atom. The number of benzene rings is 1. The largest absolute Gasteiger partial charge is 0.462 e. The topological polar surface area (TPSA) is 66.8 Å². The monoisotopic (exact) mass is 398 g/mol. The number of aliphatic hydroxyl groups is 2. The lowest BCUT2D eigenvalue weighted by Crippen LogP contribution is -2.25. The van der Waals surface area contributed by atoms with Crippen LogP contribution in [0.15, 0.2) is 54.6 Å². The summed E-state index contributed by atoms with van der Waals surface area (Å²) < 4.78 is 6.80. The fourth-order valence-electron chi connectivity index (χ4n) is 4.26. The molecule has 1 aliphatic carbocycles. The zero-order valence-electron chi connectivity index (χ0n) is 15.7. The highest BCUT2D eigenvalue weighted by atomic mass is 32.1. The molecule has 2 aromatic rings. The summed E-state index contributed by atoms with van der Waals surface area (Å²) in [5.74, 6) is -0.266. The second-order valence-electron chi connectivity index (χ2n) is 7.69. The second kappa shape index (κ2) is 8.60. The summed E-state index contributed by atoms with van der Waals surface area (Å²) >= 11 is 1.58. The van der Waals surface area contributed by atoms with E-state index < -0.39 is 12.2 Å². The summed E-state index contributed by atoms with van der Waals surface area (Å²) in [6.45, 7) is 0. The number of hydrogen-bond donors (Lipinski definition) is 2. The van der Waals surface area contributed by atoms with Gasteiger partial charge in [0.1, 0.15) is 12.2 Å². The Labute approximate surface area is 169 Å². The second-order valence-corrected chi connectivity index (χ2v) is 8.80. The van der Waals surface area contributed by atoms with Gasteiger partial charge in [-0.2, -0.15) is 0 Å². The Hall–Kier alpha value is -1.95. The molecule has 1 saturated carbocycles. The molecule has 4 nitrogen and oxygen atoms in total. The summed E-state index contributed by atoms with van der Waals surface area (Å²) in [4.78, 5) is 12.9. The molecular formula is C23H26O4S. The minimum absolute atomic E-state index is 0.0409. The predicted molar refractivity (Wildman–Crippen MR) is 111 cm³/mol. The summed E-state index contributed by atoms with van der Waals surface area (Å²) in [5.41, 5.74) is 0. The molecule has 2 N–H and O–H groups in total. The number of ether oxygens (including phenoxy) is 1. The van der Waals surface area contributed by atoms with Crippen LogP contribution < -0.4 is 0 Å². The van der Waals surface area contributed by atoms with Gasteiger partial charge in [-0.15, -0.1) is 11.3 Å². The molecule has 0 spiro atoms. The van der Waals surface area contributed by atoms with E-state index in [1.807, 2.05) is 36.4 Å². The zero-order valence-corrected chi connectivity index (χ0v) is 16.6. The van der Waals surface area contributed by atoms with Crippen LogP contribution in [0, 0.1) is 11.8 Å². The van der Waals surface area contributed by atoms with Gasteiger partial charge in [0.2, 0.25) is 0 Å². The van der Waals surface area contributed by atoms with Gasteiger partial charge >= 0.3 is 5.97 Å². The Kier molecular flexibility index (Phi) is 5.95. The van der Waals surface area contributed by atoms with Crippen LogP contribution in [0.5, 0.6) is 0 Å². The van der Waals surface area contributed by atoms with E-state index in [0.29, 0.717) is 12.8 Å². The third kappa shape index (κ3) is 4.22. The number of hydrogen-bond acceptors (Lipinski definition) is 5. The molecule has 0 saturated heterocycles. The number of carbonyl (C=O) groups is 1. The van der Waals surface area contributed by atoms with Crippen molar-refractivity contribution in [1.82, 2.24) is 0 Å². The average molecular weight is 399 g/mol. The van der Waals surface area contributed by atoms with Crippen LogP contribution in [0.2, 0.25) is 0 Å². The summed E-state index contributed by atoms with van der Waals surface area (Å²) in [7, 11) is 0. The number of carbonyl (C=O) groups excluding carboxylic acids is 1. The van der Waals surface area contributed by atoms with E-state index >= 15 is 0 Å². The SMILES string of the molecule is O=C1CCC/C=C\C[C@@H]2[C@@H](/C=C/[C@@H](O)c3cc4ccccc4s3)[C@H](O)C[C@@H]2O1. The fourth-order valence-corrected chi connectivity index (χ4v) is 5.29. The number of allylic oxidation sites excluding steroid dienone is 2. The zero-order chi connectivity index (χ0) is 19.5. The van der Waals surface area contributed by atoms with Gasteiger partial charge in [0, 0.05) is 34.3 Å². The van der Waals surface area contributed by atoms with Gasteiger partial charge in [0.05, 0.1) is 6.10 Å². The molecule has 0 unspecified atom stereocenters. The van der Waals surface area contributed by atoms with Crippen molar-refractivity contribution < 1.29 is 19.7 Å². The lowest BCUT2D eigenvalue weighted by molar-refractivity contribution is -0.151. The number of esters is 1. The molecule has 5 heteroatoms. The number of rotatable bonds is 3. The molecule has 148 valence electrons. The van der Waals surface area contributed by atoms with E-state index in [1.165, 1.54) is 0 Å². The minimum Gasteiger partial charge on any atom is -0.462 e. The van der Waals surface area contributed by atoms with Gasteiger partial charge in [0.15, 0.2) is 0 Å². The number of aliphatic hydroxyl groups excluding tert-OH is 2. The molecule has 0 amide bonds. The first kappa shape index (κ1) is 19.4. The molecule has 2 heterocycles. The lowest BCUT2D eigenvalue weighted by Gasteiger charge is -2.23. The summed E-state index contributed by atoms with van der Waals surface area (Å²) in [6, 6.07) is 10.1. The molecule has 1 aliphatic heterocycles. The van der Waals surface area contributed by atoms with Crippen molar-refractivity contribution in [3.8, 4) is 0 Å². The number of thiophene rings is 1. The Balaban J connectivity index is 1.51. The Bertz CT molecular complexity index is 851. The van der Waals surface area contributed by atoms with Crippen molar-refractivity contribution >= 4 is 27.4 Å². The van der Waals surface area contributed by atoms with Gasteiger partial charge in [-0.05, 0) is 36.8 Å². The van der Waals surface area contributed by atoms with Crippen LogP contribution in [0.1, 0.15) is 43.1 Å².